The van der Waals surface area contributed by atoms with Gasteiger partial charge in [0.2, 0.25) is 0 Å². The number of hydrogen-bond acceptors (Lipinski definition) is 1. The molecule has 75 heavy (non-hydrogen) atoms. The average molecular weight is 952 g/mol. The van der Waals surface area contributed by atoms with E-state index in [1.165, 1.54) is 111 Å². The van der Waals surface area contributed by atoms with E-state index in [1.807, 2.05) is 0 Å². The first-order chi connectivity index (χ1) is 37.2. The fourth-order valence-corrected chi connectivity index (χ4v) is 13.6. The van der Waals surface area contributed by atoms with Gasteiger partial charge in [-0.05, 0) is 136 Å². The molecule has 0 aliphatic heterocycles. The second-order valence-corrected chi connectivity index (χ2v) is 20.2. The van der Waals surface area contributed by atoms with Crippen LogP contribution in [-0.2, 0) is 10.8 Å². The van der Waals surface area contributed by atoms with Crippen molar-refractivity contribution in [1.29, 1.82) is 0 Å². The van der Waals surface area contributed by atoms with E-state index in [1.54, 1.807) is 0 Å². The molecule has 0 saturated heterocycles. The Kier molecular flexibility index (Phi) is 9.77. The molecule has 0 fully saturated rings. The van der Waals surface area contributed by atoms with Crippen molar-refractivity contribution >= 4 is 17.1 Å². The minimum absolute atomic E-state index is 0.528. The Morgan fingerprint density at radius 2 is 0.547 bits per heavy atom. The summed E-state index contributed by atoms with van der Waals surface area (Å²) in [6.45, 7) is 0. The van der Waals surface area contributed by atoms with Crippen LogP contribution in [0.2, 0.25) is 0 Å². The summed E-state index contributed by atoms with van der Waals surface area (Å²) < 4.78 is 0. The third kappa shape index (κ3) is 6.19. The number of nitrogens with zero attached hydrogens (tertiary/aromatic N) is 1. The van der Waals surface area contributed by atoms with Crippen molar-refractivity contribution in [3.8, 4) is 66.8 Å². The van der Waals surface area contributed by atoms with Crippen LogP contribution in [0.1, 0.15) is 44.5 Å². The molecule has 0 amide bonds. The largest absolute Gasteiger partial charge is 0.310 e. The Morgan fingerprint density at radius 1 is 0.200 bits per heavy atom. The van der Waals surface area contributed by atoms with Crippen molar-refractivity contribution in [2.45, 2.75) is 10.8 Å². The van der Waals surface area contributed by atoms with Gasteiger partial charge in [-0.2, -0.15) is 0 Å². The molecule has 350 valence electrons. The van der Waals surface area contributed by atoms with Gasteiger partial charge in [-0.15, -0.1) is 0 Å². The summed E-state index contributed by atoms with van der Waals surface area (Å²) in [5, 5.41) is 0. The van der Waals surface area contributed by atoms with Crippen LogP contribution in [0.4, 0.5) is 17.1 Å². The lowest BCUT2D eigenvalue weighted by molar-refractivity contribution is 0.768. The Bertz CT molecular complexity index is 4050. The van der Waals surface area contributed by atoms with Gasteiger partial charge in [-0.25, -0.2) is 0 Å². The van der Waals surface area contributed by atoms with E-state index in [9.17, 15) is 0 Å². The highest BCUT2D eigenvalue weighted by atomic mass is 15.1. The molecule has 1 heteroatoms. The summed E-state index contributed by atoms with van der Waals surface area (Å²) in [5.41, 5.74) is 27.5. The van der Waals surface area contributed by atoms with Crippen LogP contribution < -0.4 is 4.90 Å². The molecule has 0 aromatic heterocycles. The van der Waals surface area contributed by atoms with Gasteiger partial charge in [0.25, 0.3) is 0 Å². The average Bonchev–Trinajstić information content (AvgIpc) is 4.14. The number of anilines is 3. The molecule has 12 aromatic carbocycles. The molecule has 0 saturated carbocycles. The van der Waals surface area contributed by atoms with Crippen LogP contribution in [0.25, 0.3) is 66.8 Å². The fraction of sp³-hybridized carbons (Fsp3) is 0.0270. The predicted molar refractivity (Wildman–Crippen MR) is 311 cm³/mol. The van der Waals surface area contributed by atoms with Crippen LogP contribution in [0.3, 0.4) is 0 Å². The number of fused-ring (bicyclic) bond motifs is 15. The highest BCUT2D eigenvalue weighted by Crippen LogP contribution is 2.63. The topological polar surface area (TPSA) is 3.24 Å². The Balaban J connectivity index is 0.936. The summed E-state index contributed by atoms with van der Waals surface area (Å²) >= 11 is 0. The van der Waals surface area contributed by atoms with Crippen LogP contribution in [0.5, 0.6) is 0 Å². The molecular weight excluding hydrogens is 903 g/mol. The lowest BCUT2D eigenvalue weighted by atomic mass is 9.66. The first-order valence-corrected chi connectivity index (χ1v) is 26.2. The number of benzene rings is 12. The second-order valence-electron chi connectivity index (χ2n) is 20.2. The SMILES string of the molecule is c1ccc(-c2ccc(N(c3ccc(-c4cccc5c4-c4ccccc4C54c5ccccc5-c5ccccc5-c5ccccc54)cc3)c3cccc4c3-c3ccccc3C4(c3ccccc3)c3ccccc3)cc2)cc1. The zero-order valence-electron chi connectivity index (χ0n) is 41.2. The summed E-state index contributed by atoms with van der Waals surface area (Å²) in [7, 11) is 0. The highest BCUT2D eigenvalue weighted by Gasteiger charge is 2.51. The molecule has 1 nitrogen and oxygen atoms in total. The van der Waals surface area contributed by atoms with Gasteiger partial charge in [0.1, 0.15) is 0 Å². The highest BCUT2D eigenvalue weighted by molar-refractivity contribution is 6.02. The molecule has 0 atom stereocenters. The minimum Gasteiger partial charge on any atom is -0.310 e. The van der Waals surface area contributed by atoms with Gasteiger partial charge in [0, 0.05) is 16.9 Å². The first-order valence-electron chi connectivity index (χ1n) is 26.2. The van der Waals surface area contributed by atoms with E-state index in [-0.39, 0.29) is 0 Å². The van der Waals surface area contributed by atoms with Crippen LogP contribution in [-0.4, -0.2) is 0 Å². The zero-order valence-corrected chi connectivity index (χ0v) is 41.2. The minimum atomic E-state index is -0.546. The second kappa shape index (κ2) is 17.0. The zero-order chi connectivity index (χ0) is 49.5. The molecule has 0 heterocycles. The van der Waals surface area contributed by atoms with Crippen LogP contribution in [0.15, 0.2) is 297 Å². The van der Waals surface area contributed by atoms with Crippen molar-refractivity contribution < 1.29 is 0 Å². The van der Waals surface area contributed by atoms with E-state index in [2.05, 4.69) is 302 Å². The number of rotatable bonds is 7. The normalized spacial score (nSPS) is 13.5. The molecule has 0 N–H and O–H groups in total. The Morgan fingerprint density at radius 3 is 1.08 bits per heavy atom. The molecule has 3 aliphatic carbocycles. The van der Waals surface area contributed by atoms with Crippen molar-refractivity contribution in [2.24, 2.45) is 0 Å². The van der Waals surface area contributed by atoms with Crippen molar-refractivity contribution in [3.05, 3.63) is 342 Å². The third-order valence-corrected chi connectivity index (χ3v) is 16.6. The van der Waals surface area contributed by atoms with E-state index in [0.29, 0.717) is 0 Å². The molecule has 0 unspecified atom stereocenters. The Hall–Kier alpha value is -9.56. The van der Waals surface area contributed by atoms with E-state index in [0.717, 1.165) is 17.1 Å². The maximum atomic E-state index is 2.48. The summed E-state index contributed by atoms with van der Waals surface area (Å²) in [4.78, 5) is 2.48. The smallest absolute Gasteiger partial charge is 0.0725 e. The quantitative estimate of drug-likeness (QED) is 0.154. The van der Waals surface area contributed by atoms with Gasteiger partial charge in [-0.3, -0.25) is 0 Å². The van der Waals surface area contributed by atoms with Crippen LogP contribution in [0, 0.1) is 0 Å². The molecule has 12 aromatic rings. The van der Waals surface area contributed by atoms with Crippen LogP contribution >= 0.6 is 0 Å². The van der Waals surface area contributed by atoms with Crippen molar-refractivity contribution in [2.75, 3.05) is 4.90 Å². The summed E-state index contributed by atoms with van der Waals surface area (Å²) in [6, 6.07) is 111. The number of hydrogen-bond donors (Lipinski definition) is 0. The van der Waals surface area contributed by atoms with Gasteiger partial charge in [0.05, 0.1) is 16.5 Å². The molecule has 0 radical (unpaired) electrons. The lowest BCUT2D eigenvalue weighted by Gasteiger charge is -2.35. The van der Waals surface area contributed by atoms with Crippen molar-refractivity contribution in [1.82, 2.24) is 0 Å². The maximum absolute atomic E-state index is 2.48. The molecule has 1 spiro atoms. The Labute approximate surface area is 439 Å². The van der Waals surface area contributed by atoms with E-state index >= 15 is 0 Å². The van der Waals surface area contributed by atoms with E-state index < -0.39 is 10.8 Å². The van der Waals surface area contributed by atoms with Crippen molar-refractivity contribution in [3.63, 3.8) is 0 Å². The molecular formula is C74H49N. The fourth-order valence-electron chi connectivity index (χ4n) is 13.6. The monoisotopic (exact) mass is 951 g/mol. The lowest BCUT2D eigenvalue weighted by Crippen LogP contribution is -2.29. The van der Waals surface area contributed by atoms with Gasteiger partial charge in [-0.1, -0.05) is 267 Å². The van der Waals surface area contributed by atoms with Gasteiger partial charge >= 0.3 is 0 Å². The standard InChI is InChI=1S/C74H49N/c1-4-22-50(23-5-1)51-42-46-55(47-43-51)75(70-41-21-40-69-72(70)63-33-15-18-37-66(63)73(69,53-24-6-2-7-25-53)54-26-8-3-9-27-54)56-48-44-52(45-49-56)57-34-20-39-68-71(57)62-32-14-19-38-67(62)74(68)64-35-16-12-30-60(64)58-28-10-11-29-59(58)61-31-13-17-36-65(61)74/h1-49H. The maximum Gasteiger partial charge on any atom is 0.0725 e. The van der Waals surface area contributed by atoms with Gasteiger partial charge in [0.15, 0.2) is 0 Å². The van der Waals surface area contributed by atoms with Gasteiger partial charge < -0.3 is 4.90 Å². The van der Waals surface area contributed by atoms with E-state index in [4.69, 9.17) is 0 Å². The molecule has 15 rings (SSSR count). The first kappa shape index (κ1) is 43.1. The third-order valence-electron chi connectivity index (χ3n) is 16.6. The molecule has 0 bridgehead atoms. The predicted octanol–water partition coefficient (Wildman–Crippen LogP) is 18.9. The summed E-state index contributed by atoms with van der Waals surface area (Å²) in [6.07, 6.45) is 0. The summed E-state index contributed by atoms with van der Waals surface area (Å²) in [5.74, 6) is 0. The molecule has 3 aliphatic rings.